The van der Waals surface area contributed by atoms with E-state index in [9.17, 15) is 5.11 Å². The quantitative estimate of drug-likeness (QED) is 0.880. The number of aromatic nitrogens is 3. The van der Waals surface area contributed by atoms with Gasteiger partial charge in [-0.25, -0.2) is 4.98 Å². The van der Waals surface area contributed by atoms with E-state index >= 15 is 0 Å². The van der Waals surface area contributed by atoms with Gasteiger partial charge in [0.15, 0.2) is 0 Å². The number of rotatable bonds is 6. The molecule has 2 atom stereocenters. The topological polar surface area (TPSA) is 60.2 Å². The van der Waals surface area contributed by atoms with Gasteiger partial charge in [-0.1, -0.05) is 13.0 Å². The first-order valence-corrected chi connectivity index (χ1v) is 6.87. The van der Waals surface area contributed by atoms with Crippen LogP contribution in [0.2, 0.25) is 0 Å². The van der Waals surface area contributed by atoms with Gasteiger partial charge in [0.05, 0.1) is 18.5 Å². The van der Waals surface area contributed by atoms with E-state index in [1.807, 2.05) is 23.0 Å². The number of pyridine rings is 1. The molecule has 2 aromatic heterocycles. The average molecular weight is 275 g/mol. The van der Waals surface area contributed by atoms with Crippen LogP contribution >= 0.6 is 0 Å². The van der Waals surface area contributed by atoms with E-state index < -0.39 is 6.10 Å². The highest BCUT2D eigenvalue weighted by Gasteiger charge is 2.13. The molecule has 0 saturated carbocycles. The number of hydrogen-bond acceptors (Lipinski definition) is 4. The third-order valence-corrected chi connectivity index (χ3v) is 3.40. The van der Waals surface area contributed by atoms with Crippen molar-refractivity contribution in [2.45, 2.75) is 38.8 Å². The lowest BCUT2D eigenvalue weighted by atomic mass is 10.1. The summed E-state index contributed by atoms with van der Waals surface area (Å²) in [7, 11) is 1.56. The second-order valence-corrected chi connectivity index (χ2v) is 4.87. The molecule has 0 bridgehead atoms. The van der Waals surface area contributed by atoms with E-state index in [-0.39, 0.29) is 0 Å². The van der Waals surface area contributed by atoms with Crippen molar-refractivity contribution in [3.63, 3.8) is 0 Å². The third-order valence-electron chi connectivity index (χ3n) is 3.40. The maximum Gasteiger partial charge on any atom is 0.213 e. The molecule has 20 heavy (non-hydrogen) atoms. The van der Waals surface area contributed by atoms with E-state index in [2.05, 4.69) is 23.9 Å². The Morgan fingerprint density at radius 1 is 1.35 bits per heavy atom. The number of aliphatic hydroxyl groups is 1. The van der Waals surface area contributed by atoms with Crippen LogP contribution in [0.1, 0.15) is 43.8 Å². The molecule has 0 saturated heterocycles. The fourth-order valence-corrected chi connectivity index (χ4v) is 1.95. The Labute approximate surface area is 119 Å². The largest absolute Gasteiger partial charge is 0.481 e. The maximum absolute atomic E-state index is 10.2. The van der Waals surface area contributed by atoms with Gasteiger partial charge in [-0.3, -0.25) is 4.68 Å². The Morgan fingerprint density at radius 2 is 2.15 bits per heavy atom. The summed E-state index contributed by atoms with van der Waals surface area (Å²) in [5.74, 6) is 0.506. The molecule has 0 fully saturated rings. The van der Waals surface area contributed by atoms with Gasteiger partial charge in [-0.05, 0) is 25.5 Å². The van der Waals surface area contributed by atoms with Crippen LogP contribution in [0.15, 0.2) is 30.5 Å². The summed E-state index contributed by atoms with van der Waals surface area (Å²) in [5, 5.41) is 14.7. The molecule has 0 aliphatic heterocycles. The van der Waals surface area contributed by atoms with Gasteiger partial charge in [0, 0.05) is 24.7 Å². The second-order valence-electron chi connectivity index (χ2n) is 4.87. The fourth-order valence-electron chi connectivity index (χ4n) is 1.95. The van der Waals surface area contributed by atoms with Gasteiger partial charge < -0.3 is 9.84 Å². The average Bonchev–Trinajstić information content (AvgIpc) is 2.95. The fraction of sp³-hybridized carbons (Fsp3) is 0.467. The van der Waals surface area contributed by atoms with Gasteiger partial charge in [0.2, 0.25) is 5.88 Å². The lowest BCUT2D eigenvalue weighted by Gasteiger charge is -2.10. The zero-order valence-electron chi connectivity index (χ0n) is 12.2. The molecule has 0 amide bonds. The van der Waals surface area contributed by atoms with Crippen LogP contribution in [0, 0.1) is 0 Å². The second kappa shape index (κ2) is 6.52. The Kier molecular flexibility index (Phi) is 4.74. The predicted octanol–water partition coefficient (Wildman–Crippen LogP) is 2.53. The van der Waals surface area contributed by atoms with Crippen LogP contribution in [0.5, 0.6) is 5.88 Å². The van der Waals surface area contributed by atoms with Gasteiger partial charge in [-0.2, -0.15) is 5.10 Å². The summed E-state index contributed by atoms with van der Waals surface area (Å²) >= 11 is 0. The van der Waals surface area contributed by atoms with Crippen molar-refractivity contribution in [3.05, 3.63) is 41.9 Å². The summed E-state index contributed by atoms with van der Waals surface area (Å²) in [6, 6.07) is 7.68. The SMILES string of the molecule is CCC(C)n1ccc(CC(O)c2cccc(OC)n2)n1. The summed E-state index contributed by atoms with van der Waals surface area (Å²) in [4.78, 5) is 4.24. The number of ether oxygens (including phenoxy) is 1. The van der Waals surface area contributed by atoms with E-state index in [1.165, 1.54) is 0 Å². The minimum absolute atomic E-state index is 0.371. The summed E-state index contributed by atoms with van der Waals surface area (Å²) < 4.78 is 6.99. The Morgan fingerprint density at radius 3 is 2.85 bits per heavy atom. The smallest absolute Gasteiger partial charge is 0.213 e. The minimum atomic E-state index is -0.676. The number of aliphatic hydroxyl groups excluding tert-OH is 1. The lowest BCUT2D eigenvalue weighted by molar-refractivity contribution is 0.171. The molecule has 0 spiro atoms. The van der Waals surface area contributed by atoms with Crippen LogP contribution in [0.25, 0.3) is 0 Å². The first kappa shape index (κ1) is 14.5. The Bertz CT molecular complexity index is 554. The van der Waals surface area contributed by atoms with E-state index in [0.717, 1.165) is 12.1 Å². The van der Waals surface area contributed by atoms with Crippen LogP contribution in [-0.2, 0) is 6.42 Å². The number of nitrogens with zero attached hydrogens (tertiary/aromatic N) is 3. The first-order chi connectivity index (χ1) is 9.63. The number of hydrogen-bond donors (Lipinski definition) is 1. The molecule has 108 valence electrons. The van der Waals surface area contributed by atoms with Crippen molar-refractivity contribution < 1.29 is 9.84 Å². The Hall–Kier alpha value is -1.88. The molecule has 2 heterocycles. The number of methoxy groups -OCH3 is 1. The molecule has 0 aliphatic rings. The third kappa shape index (κ3) is 3.36. The summed E-state index contributed by atoms with van der Waals surface area (Å²) in [6.07, 6.45) is 2.75. The molecule has 2 aromatic rings. The van der Waals surface area contributed by atoms with E-state index in [1.54, 1.807) is 19.2 Å². The van der Waals surface area contributed by atoms with Crippen molar-refractivity contribution in [1.29, 1.82) is 0 Å². The van der Waals surface area contributed by atoms with Crippen molar-refractivity contribution in [2.24, 2.45) is 0 Å². The van der Waals surface area contributed by atoms with E-state index in [4.69, 9.17) is 4.74 Å². The van der Waals surface area contributed by atoms with Crippen LogP contribution < -0.4 is 4.74 Å². The van der Waals surface area contributed by atoms with E-state index in [0.29, 0.717) is 24.0 Å². The van der Waals surface area contributed by atoms with Gasteiger partial charge in [-0.15, -0.1) is 0 Å². The zero-order valence-corrected chi connectivity index (χ0v) is 12.2. The zero-order chi connectivity index (χ0) is 14.5. The molecule has 2 rings (SSSR count). The highest BCUT2D eigenvalue weighted by molar-refractivity contribution is 5.18. The van der Waals surface area contributed by atoms with Gasteiger partial charge in [0.25, 0.3) is 0 Å². The molecular formula is C15H21N3O2. The van der Waals surface area contributed by atoms with Crippen molar-refractivity contribution in [1.82, 2.24) is 14.8 Å². The maximum atomic E-state index is 10.2. The van der Waals surface area contributed by atoms with Crippen LogP contribution in [0.3, 0.4) is 0 Å². The van der Waals surface area contributed by atoms with Gasteiger partial charge in [0.1, 0.15) is 6.10 Å². The minimum Gasteiger partial charge on any atom is -0.481 e. The van der Waals surface area contributed by atoms with Crippen molar-refractivity contribution in [2.75, 3.05) is 7.11 Å². The molecule has 0 aromatic carbocycles. The molecular weight excluding hydrogens is 254 g/mol. The molecule has 0 radical (unpaired) electrons. The van der Waals surface area contributed by atoms with Gasteiger partial charge >= 0.3 is 0 Å². The molecule has 5 nitrogen and oxygen atoms in total. The predicted molar refractivity (Wildman–Crippen MR) is 76.7 cm³/mol. The highest BCUT2D eigenvalue weighted by Crippen LogP contribution is 2.19. The normalized spacial score (nSPS) is 14.0. The van der Waals surface area contributed by atoms with Crippen molar-refractivity contribution in [3.8, 4) is 5.88 Å². The summed E-state index contributed by atoms with van der Waals surface area (Å²) in [5.41, 5.74) is 1.46. The molecule has 5 heteroatoms. The lowest BCUT2D eigenvalue weighted by Crippen LogP contribution is -2.08. The van der Waals surface area contributed by atoms with Crippen LogP contribution in [-0.4, -0.2) is 27.0 Å². The summed E-state index contributed by atoms with van der Waals surface area (Å²) in [6.45, 7) is 4.25. The van der Waals surface area contributed by atoms with Crippen molar-refractivity contribution >= 4 is 0 Å². The first-order valence-electron chi connectivity index (χ1n) is 6.87. The highest BCUT2D eigenvalue weighted by atomic mass is 16.5. The Balaban J connectivity index is 2.07. The van der Waals surface area contributed by atoms with Crippen LogP contribution in [0.4, 0.5) is 0 Å². The molecule has 0 aliphatic carbocycles. The molecule has 2 unspecified atom stereocenters. The monoisotopic (exact) mass is 275 g/mol. The standard InChI is InChI=1S/C15H21N3O2/c1-4-11(2)18-9-8-12(17-18)10-14(19)13-6-5-7-15(16-13)20-3/h5-9,11,14,19H,4,10H2,1-3H3. The molecule has 1 N–H and O–H groups in total.